The van der Waals surface area contributed by atoms with Gasteiger partial charge in [-0.15, -0.1) is 0 Å². The number of anilines is 2. The Bertz CT molecular complexity index is 9410. The average molecular weight is 3420 g/mol. The van der Waals surface area contributed by atoms with Crippen molar-refractivity contribution in [3.8, 4) is 11.5 Å². The fourth-order valence-electron chi connectivity index (χ4n) is 8.97. The summed E-state index contributed by atoms with van der Waals surface area (Å²) < 4.78 is 118. The zero-order chi connectivity index (χ0) is 103. The zero-order valence-electron chi connectivity index (χ0n) is 66.4. The maximum Gasteiger partial charge on any atom is 0.534 e. The maximum absolute atomic E-state index is 13.4. The number of aliphatic hydroxyl groups is 2. The first-order chi connectivity index (χ1) is 70.2. The number of rotatable bonds is 14. The molecule has 0 unspecified atom stereocenters. The first-order valence-corrected chi connectivity index (χ1v) is 136. The second-order valence-electron chi connectivity index (χ2n) is 21.0. The molecule has 812 valence electrons. The van der Waals surface area contributed by atoms with Gasteiger partial charge in [0.05, 0.1) is 36.1 Å². The summed E-state index contributed by atoms with van der Waals surface area (Å²) in [6, 6.07) is 32.2. The third-order valence-electron chi connectivity index (χ3n) is 13.7. The SMILES string of the molecule is O=C1[C@H](CC[C@H](O)c2ccc(F)cc2)[C@@H](c2ccc(O)cc2)N1c1ccc(F)cc1.O=C1[C@H](CC[C@H](O)c2ccc(F)cc2)[C@@H](c2ccc(OS(=O)(=O)C(F)(F)F)cc2)N1c1ccc(F)cc1.S=S=S=S=S=S=S=S=S=S=S=S=S=S=S=S=S=S=S=S=S=S=S=S=S=S=S=S=S=S=S=S=S=S=S=S=S=S=S=S=S=S=S=S=S=S=S=S=S=S=S=S=S=S=S=S=S=S=S=S=S=S=S=S=S=S=S=S=S=S=S=S=S=S=S=S=S. The molecule has 2 aliphatic rings. The van der Waals surface area contributed by atoms with Crippen LogP contribution in [0.3, 0.4) is 0 Å². The summed E-state index contributed by atoms with van der Waals surface area (Å²) in [6.45, 7) is 0. The predicted octanol–water partition coefficient (Wildman–Crippen LogP) is 10.1. The van der Waals surface area contributed by atoms with Crippen LogP contribution in [0.1, 0.15) is 72.2 Å². The highest BCUT2D eigenvalue weighted by Gasteiger charge is 2.51. The molecular weight excluding hydrogens is 3380 g/mol. The van der Waals surface area contributed by atoms with Crippen LogP contribution in [-0.2, 0) is 708 Å². The Morgan fingerprint density at radius 1 is 0.278 bits per heavy atom. The van der Waals surface area contributed by atoms with Gasteiger partial charge in [-0.05, 0) is 145 Å². The van der Waals surface area contributed by atoms with Gasteiger partial charge in [0.2, 0.25) is 11.8 Å². The molecule has 0 bridgehead atoms. The number of carbonyl (C=O) groups excluding carboxylic acids is 2. The van der Waals surface area contributed by atoms with Crippen LogP contribution in [0.25, 0.3) is 0 Å². The van der Waals surface area contributed by atoms with E-state index in [0.29, 0.717) is 40.9 Å². The van der Waals surface area contributed by atoms with Crippen molar-refractivity contribution in [2.75, 3.05) is 9.80 Å². The van der Waals surface area contributed by atoms with Crippen LogP contribution in [0.4, 0.5) is 42.1 Å². The number of aromatic hydroxyl groups is 1. The molecule has 3 N–H and O–H groups in total. The number of amides is 2. The number of halogens is 7. The molecule has 2 amide bonds. The smallest absolute Gasteiger partial charge is 0.508 e. The lowest BCUT2D eigenvalue weighted by atomic mass is 9.78. The third-order valence-corrected chi connectivity index (χ3v) is 179. The minimum atomic E-state index is -5.85. The second kappa shape index (κ2) is 96.1. The summed E-state index contributed by atoms with van der Waals surface area (Å²) >= 11 is 9.65. The Morgan fingerprint density at radius 3 is 0.632 bits per heavy atom. The van der Waals surface area contributed by atoms with Crippen molar-refractivity contribution in [2.24, 2.45) is 11.8 Å². The van der Waals surface area contributed by atoms with Crippen molar-refractivity contribution in [2.45, 2.75) is 55.5 Å². The van der Waals surface area contributed by atoms with Gasteiger partial charge in [0, 0.05) is 700 Å². The summed E-state index contributed by atoms with van der Waals surface area (Å²) in [6.07, 6.45) is -0.647. The van der Waals surface area contributed by atoms with E-state index in [-0.39, 0.29) is 54.0 Å². The molecule has 0 aliphatic carbocycles. The maximum atomic E-state index is 13.4. The number of phenols is 1. The topological polar surface area (TPSA) is 145 Å². The van der Waals surface area contributed by atoms with Crippen LogP contribution >= 0.6 is 0 Å². The van der Waals surface area contributed by atoms with Crippen molar-refractivity contribution in [1.82, 2.24) is 0 Å². The molecule has 0 spiro atoms. The summed E-state index contributed by atoms with van der Waals surface area (Å²) in [5.41, 5.74) is -2.25. The molecule has 6 aromatic carbocycles. The van der Waals surface area contributed by atoms with E-state index in [9.17, 15) is 64.1 Å². The minimum absolute atomic E-state index is 0.106. The van der Waals surface area contributed by atoms with E-state index in [1.807, 2.05) is 542 Å². The lowest BCUT2D eigenvalue weighted by Crippen LogP contribution is -2.55. The Morgan fingerprint density at radius 2 is 0.451 bits per heavy atom. The van der Waals surface area contributed by atoms with E-state index in [4.69, 9.17) is 22.4 Å². The first-order valence-electron chi connectivity index (χ1n) is 33.4. The number of benzene rings is 6. The summed E-state index contributed by atoms with van der Waals surface area (Å²) in [4.78, 5) is 29.0. The lowest BCUT2D eigenvalue weighted by Gasteiger charge is -2.48. The molecule has 6 aromatic rings. The summed E-state index contributed by atoms with van der Waals surface area (Å²) in [5.74, 6) is -3.61. The van der Waals surface area contributed by atoms with Gasteiger partial charge in [-0.25, -0.2) is 17.6 Å². The molecule has 2 heterocycles. The first kappa shape index (κ1) is 143. The third kappa shape index (κ3) is 69.2. The number of β-lactam (4-membered cyclic amide) rings is 2. The molecule has 0 saturated carbocycles. The highest BCUT2D eigenvalue weighted by Crippen LogP contribution is 2.48. The fourth-order valence-corrected chi connectivity index (χ4v) is 210. The number of hydrogen-bond acceptors (Lipinski definition) is 10. The molecule has 8 rings (SSSR count). The largest absolute Gasteiger partial charge is 0.534 e. The van der Waals surface area contributed by atoms with Gasteiger partial charge >= 0.3 is 15.6 Å². The minimum Gasteiger partial charge on any atom is -0.508 e. The second-order valence-corrected chi connectivity index (χ2v) is 155. The standard InChI is InChI=1S/C25H20F5NO5S.C24H21F2NO3.S77/c26-17-5-1-15(2-6-17)22(32)14-13-21-23(31(24(21)33)19-9-7-18(27)8-10-19)16-3-11-20(12-4-16)36-37(34,35)25(28,29)30;25-17-5-1-15(2-6-17)22(29)14-13-21-23(16-3-11-20(28)12-4-16)27(24(21)30)19-9-7-18(26)8-10-19;1-3-5-7-9-11-13-15-17-19-21-23-25-27-29-31-33-35-37-39-41-43-45-47-49-51-53-55-57-59-61-63-65-67-69-71-73-75-77-76-74-72-70-68-66-64-62-60-58-56-54-52-50-48-46-44-42-40-38-36-34-32-30-28-26-24-22-20-18-16-14-12-10-8-6-4-2/h1-12,21-23,32H,13-14H2;1-12,21-23,28-29H,13-14H2;/t2*21-,22+,23-;/m11./s1. The fraction of sp³-hybridized carbons (Fsp3) is 0.224. The summed E-state index contributed by atoms with van der Waals surface area (Å²) in [5, 5.41) is 30.5. The van der Waals surface area contributed by atoms with Crippen LogP contribution in [0, 0.1) is 35.1 Å². The molecule has 144 heavy (non-hydrogen) atoms. The van der Waals surface area contributed by atoms with Gasteiger partial charge in [0.15, 0.2) is 0 Å². The number of phenolic OH excluding ortho intramolecular Hbond substituents is 1. The molecule has 0 aromatic heterocycles. The number of hydrogen-bond donors (Lipinski definition) is 3. The Kier molecular flexibility index (Phi) is 95.2. The molecular formula is C49H41F7N2O8S78. The van der Waals surface area contributed by atoms with Gasteiger partial charge in [0.25, 0.3) is 0 Å². The van der Waals surface area contributed by atoms with E-state index in [1.54, 1.807) is 148 Å². The van der Waals surface area contributed by atoms with Crippen LogP contribution in [0.2, 0.25) is 0 Å². The van der Waals surface area contributed by atoms with E-state index in [2.05, 4.69) is 4.18 Å². The number of alkyl halides is 3. The zero-order valence-corrected chi connectivity index (χ0v) is 130. The average Bonchev–Trinajstić information content (AvgIpc) is 0.738. The van der Waals surface area contributed by atoms with Gasteiger partial charge in [-0.3, -0.25) is 9.59 Å². The van der Waals surface area contributed by atoms with Crippen molar-refractivity contribution >= 4 is 722 Å². The van der Waals surface area contributed by atoms with E-state index >= 15 is 0 Å². The lowest BCUT2D eigenvalue weighted by molar-refractivity contribution is -0.131. The van der Waals surface area contributed by atoms with Crippen LogP contribution in [0.15, 0.2) is 146 Å². The van der Waals surface area contributed by atoms with Crippen molar-refractivity contribution in [3.05, 3.63) is 191 Å². The van der Waals surface area contributed by atoms with Crippen molar-refractivity contribution in [3.63, 3.8) is 0 Å². The molecule has 2 fully saturated rings. The quantitative estimate of drug-likeness (QED) is 0.0417. The van der Waals surface area contributed by atoms with Crippen LogP contribution < -0.4 is 14.0 Å². The van der Waals surface area contributed by atoms with E-state index in [0.717, 1.165) is 17.7 Å². The number of nitrogens with zero attached hydrogens (tertiary/aromatic N) is 2. The monoisotopic (exact) mass is 3410 g/mol. The molecule has 2 aliphatic heterocycles. The van der Waals surface area contributed by atoms with Gasteiger partial charge in [-0.2, -0.15) is 21.6 Å². The summed E-state index contributed by atoms with van der Waals surface area (Å²) in [7, 11) is 129. The predicted molar refractivity (Wildman–Crippen MR) is 799 cm³/mol. The van der Waals surface area contributed by atoms with Gasteiger partial charge in [-0.1, -0.05) is 48.5 Å². The Balaban J connectivity index is 0.000000383. The van der Waals surface area contributed by atoms with E-state index < -0.39 is 57.2 Å². The number of carbonyl (C=O) groups is 2. The van der Waals surface area contributed by atoms with Crippen LogP contribution in [-0.4, -0.2) is 41.1 Å². The Labute approximate surface area is 1040 Å². The Hall–Kier alpha value is 10.2. The molecule has 6 atom stereocenters. The highest BCUT2D eigenvalue weighted by molar-refractivity contribution is 8.85. The van der Waals surface area contributed by atoms with Crippen molar-refractivity contribution < 1.29 is 68.2 Å². The van der Waals surface area contributed by atoms with Crippen LogP contribution in [0.5, 0.6) is 11.5 Å². The van der Waals surface area contributed by atoms with Crippen molar-refractivity contribution in [1.29, 1.82) is 0 Å². The van der Waals surface area contributed by atoms with Gasteiger partial charge < -0.3 is 29.3 Å². The van der Waals surface area contributed by atoms with E-state index in [1.165, 1.54) is 120 Å². The van der Waals surface area contributed by atoms with Gasteiger partial charge in [0.1, 0.15) is 34.8 Å². The molecule has 2 saturated heterocycles. The molecule has 10 nitrogen and oxygen atoms in total. The highest BCUT2D eigenvalue weighted by atomic mass is 33.6. The number of aliphatic hydroxyl groups excluding tert-OH is 2. The molecule has 95 heteroatoms. The normalized spacial score (nSPS) is 13.1. The molecule has 0 radical (unpaired) electrons.